The summed E-state index contributed by atoms with van der Waals surface area (Å²) >= 11 is 0. The normalized spacial score (nSPS) is 31.8. The van der Waals surface area contributed by atoms with E-state index in [2.05, 4.69) is 20.2 Å². The van der Waals surface area contributed by atoms with Gasteiger partial charge in [0.25, 0.3) is 5.91 Å². The van der Waals surface area contributed by atoms with Crippen LogP contribution in [0.1, 0.15) is 22.6 Å². The lowest BCUT2D eigenvalue weighted by molar-refractivity contribution is -0.0664. The van der Waals surface area contributed by atoms with Crippen molar-refractivity contribution in [3.63, 3.8) is 0 Å². The predicted octanol–water partition coefficient (Wildman–Crippen LogP) is 0.232. The molecule has 3 rings (SSSR count). The molecule has 2 aliphatic rings. The molecule has 6 nitrogen and oxygen atoms in total. The van der Waals surface area contributed by atoms with Crippen LogP contribution in [0.5, 0.6) is 0 Å². The molecule has 0 aromatic carbocycles. The van der Waals surface area contributed by atoms with Crippen LogP contribution in [0.3, 0.4) is 0 Å². The van der Waals surface area contributed by atoms with Crippen LogP contribution >= 0.6 is 0 Å². The van der Waals surface area contributed by atoms with Crippen molar-refractivity contribution in [2.45, 2.75) is 31.5 Å². The van der Waals surface area contributed by atoms with Gasteiger partial charge in [-0.25, -0.2) is 9.97 Å². The minimum absolute atomic E-state index is 0.104. The van der Waals surface area contributed by atoms with Crippen molar-refractivity contribution in [3.8, 4) is 0 Å². The molecule has 6 heteroatoms. The number of carbonyl (C=O) groups excluding carboxylic acids is 1. The average molecular weight is 276 g/mol. The lowest BCUT2D eigenvalue weighted by Gasteiger charge is -2.50. The zero-order valence-electron chi connectivity index (χ0n) is 12.0. The Morgan fingerprint density at radius 2 is 2.10 bits per heavy atom. The number of aromatic nitrogens is 2. The summed E-state index contributed by atoms with van der Waals surface area (Å²) in [5.41, 5.74) is 0.510. The lowest BCUT2D eigenvalue weighted by atomic mass is 9.71. The SMILES string of the molecule is Cc1ncc(C(=O)N[C@H]2[C@H]3CCO[C@H]3[C@@H]2N(C)C)cn1. The summed E-state index contributed by atoms with van der Waals surface area (Å²) in [6, 6.07) is 0.393. The molecule has 0 bridgehead atoms. The second-order valence-electron chi connectivity index (χ2n) is 5.76. The Labute approximate surface area is 118 Å². The molecule has 2 heterocycles. The molecule has 0 radical (unpaired) electrons. The maximum absolute atomic E-state index is 12.3. The number of ether oxygens (including phenoxy) is 1. The van der Waals surface area contributed by atoms with E-state index in [0.717, 1.165) is 13.0 Å². The zero-order valence-corrected chi connectivity index (χ0v) is 12.0. The van der Waals surface area contributed by atoms with E-state index in [1.54, 1.807) is 19.3 Å². The van der Waals surface area contributed by atoms with Crippen molar-refractivity contribution >= 4 is 5.91 Å². The topological polar surface area (TPSA) is 67.3 Å². The van der Waals surface area contributed by atoms with Crippen LogP contribution in [-0.2, 0) is 4.74 Å². The Hall–Kier alpha value is -1.53. The molecule has 108 valence electrons. The third kappa shape index (κ3) is 2.19. The number of hydrogen-bond donors (Lipinski definition) is 1. The highest BCUT2D eigenvalue weighted by atomic mass is 16.5. The number of aryl methyl sites for hydroxylation is 1. The van der Waals surface area contributed by atoms with E-state index in [0.29, 0.717) is 17.3 Å². The number of amides is 1. The van der Waals surface area contributed by atoms with E-state index in [1.807, 2.05) is 14.1 Å². The molecular weight excluding hydrogens is 256 g/mol. The molecule has 0 unspecified atom stereocenters. The van der Waals surface area contributed by atoms with Gasteiger partial charge in [0.05, 0.1) is 23.8 Å². The number of fused-ring (bicyclic) bond motifs is 1. The van der Waals surface area contributed by atoms with Gasteiger partial charge in [0.15, 0.2) is 0 Å². The summed E-state index contributed by atoms with van der Waals surface area (Å²) in [4.78, 5) is 22.5. The quantitative estimate of drug-likeness (QED) is 0.856. The monoisotopic (exact) mass is 276 g/mol. The minimum Gasteiger partial charge on any atom is -0.376 e. The molecule has 1 aromatic rings. The van der Waals surface area contributed by atoms with Gasteiger partial charge in [0, 0.05) is 24.9 Å². The van der Waals surface area contributed by atoms with Gasteiger partial charge < -0.3 is 15.0 Å². The number of nitrogens with zero attached hydrogens (tertiary/aromatic N) is 3. The Balaban J connectivity index is 1.70. The van der Waals surface area contributed by atoms with Crippen LogP contribution in [0.15, 0.2) is 12.4 Å². The Kier molecular flexibility index (Phi) is 3.43. The van der Waals surface area contributed by atoms with Crippen LogP contribution in [0.25, 0.3) is 0 Å². The van der Waals surface area contributed by atoms with E-state index in [4.69, 9.17) is 4.74 Å². The minimum atomic E-state index is -0.104. The van der Waals surface area contributed by atoms with Crippen LogP contribution < -0.4 is 5.32 Å². The van der Waals surface area contributed by atoms with Gasteiger partial charge in [0.2, 0.25) is 0 Å². The number of nitrogens with one attached hydrogen (secondary N) is 1. The molecule has 1 aliphatic heterocycles. The summed E-state index contributed by atoms with van der Waals surface area (Å²) in [6.45, 7) is 2.59. The highest BCUT2D eigenvalue weighted by Gasteiger charge is 2.55. The van der Waals surface area contributed by atoms with Crippen LogP contribution in [-0.4, -0.2) is 59.7 Å². The predicted molar refractivity (Wildman–Crippen MR) is 73.3 cm³/mol. The van der Waals surface area contributed by atoms with Gasteiger partial charge in [-0.15, -0.1) is 0 Å². The van der Waals surface area contributed by atoms with Crippen LogP contribution in [0, 0.1) is 12.8 Å². The average Bonchev–Trinajstić information content (AvgIpc) is 2.79. The summed E-state index contributed by atoms with van der Waals surface area (Å²) in [6.07, 6.45) is 4.42. The summed E-state index contributed by atoms with van der Waals surface area (Å²) in [5.74, 6) is 0.991. The van der Waals surface area contributed by atoms with E-state index in [9.17, 15) is 4.79 Å². The van der Waals surface area contributed by atoms with Crippen molar-refractivity contribution in [2.24, 2.45) is 5.92 Å². The molecule has 1 N–H and O–H groups in total. The van der Waals surface area contributed by atoms with Crippen molar-refractivity contribution in [2.75, 3.05) is 20.7 Å². The number of rotatable bonds is 3. The molecule has 2 fully saturated rings. The first-order valence-electron chi connectivity index (χ1n) is 6.95. The van der Waals surface area contributed by atoms with Crippen molar-refractivity contribution in [3.05, 3.63) is 23.8 Å². The molecule has 4 atom stereocenters. The Morgan fingerprint density at radius 3 is 2.75 bits per heavy atom. The molecule has 1 amide bonds. The molecule has 1 saturated heterocycles. The van der Waals surface area contributed by atoms with Gasteiger partial charge in [-0.2, -0.15) is 0 Å². The summed E-state index contributed by atoms with van der Waals surface area (Å²) in [7, 11) is 4.05. The van der Waals surface area contributed by atoms with Crippen LogP contribution in [0.2, 0.25) is 0 Å². The lowest BCUT2D eigenvalue weighted by Crippen LogP contribution is -2.69. The molecular formula is C14H20N4O2. The summed E-state index contributed by atoms with van der Waals surface area (Å²) in [5, 5.41) is 3.11. The highest BCUT2D eigenvalue weighted by molar-refractivity contribution is 5.93. The Bertz CT molecular complexity index is 502. The van der Waals surface area contributed by atoms with Gasteiger partial charge in [-0.05, 0) is 27.4 Å². The van der Waals surface area contributed by atoms with E-state index >= 15 is 0 Å². The second-order valence-corrected chi connectivity index (χ2v) is 5.76. The van der Waals surface area contributed by atoms with E-state index in [-0.39, 0.29) is 24.1 Å². The molecule has 1 aliphatic carbocycles. The fourth-order valence-electron chi connectivity index (χ4n) is 3.23. The Morgan fingerprint density at radius 1 is 1.40 bits per heavy atom. The standard InChI is InChI=1S/C14H20N4O2/c1-8-15-6-9(7-16-8)14(19)17-11-10-4-5-20-13(10)12(11)18(2)3/h6-7,10-13H,4-5H2,1-3H3,(H,17,19)/t10-,11+,12-,13-/m1/s1. The molecule has 1 aromatic heterocycles. The third-order valence-electron chi connectivity index (χ3n) is 4.29. The van der Waals surface area contributed by atoms with Gasteiger partial charge >= 0.3 is 0 Å². The van der Waals surface area contributed by atoms with Gasteiger partial charge in [-0.3, -0.25) is 4.79 Å². The van der Waals surface area contributed by atoms with Gasteiger partial charge in [-0.1, -0.05) is 0 Å². The second kappa shape index (κ2) is 5.10. The third-order valence-corrected chi connectivity index (χ3v) is 4.29. The zero-order chi connectivity index (χ0) is 14.3. The molecule has 1 saturated carbocycles. The maximum atomic E-state index is 12.3. The highest BCUT2D eigenvalue weighted by Crippen LogP contribution is 2.41. The molecule has 20 heavy (non-hydrogen) atoms. The number of hydrogen-bond acceptors (Lipinski definition) is 5. The first kappa shape index (κ1) is 13.5. The largest absolute Gasteiger partial charge is 0.376 e. The van der Waals surface area contributed by atoms with Crippen molar-refractivity contribution in [1.82, 2.24) is 20.2 Å². The number of carbonyl (C=O) groups is 1. The fraction of sp³-hybridized carbons (Fsp3) is 0.643. The first-order chi connectivity index (χ1) is 9.58. The van der Waals surface area contributed by atoms with Crippen LogP contribution in [0.4, 0.5) is 0 Å². The first-order valence-corrected chi connectivity index (χ1v) is 6.95. The van der Waals surface area contributed by atoms with E-state index in [1.165, 1.54) is 0 Å². The maximum Gasteiger partial charge on any atom is 0.254 e. The van der Waals surface area contributed by atoms with Crippen molar-refractivity contribution in [1.29, 1.82) is 0 Å². The molecule has 0 spiro atoms. The van der Waals surface area contributed by atoms with E-state index < -0.39 is 0 Å². The fourth-order valence-corrected chi connectivity index (χ4v) is 3.23. The van der Waals surface area contributed by atoms with Gasteiger partial charge in [0.1, 0.15) is 5.82 Å². The number of likely N-dealkylation sites (N-methyl/N-ethyl adjacent to an activating group) is 1. The van der Waals surface area contributed by atoms with Crippen molar-refractivity contribution < 1.29 is 9.53 Å². The smallest absolute Gasteiger partial charge is 0.254 e. The summed E-state index contributed by atoms with van der Waals surface area (Å²) < 4.78 is 5.74.